The third-order valence-corrected chi connectivity index (χ3v) is 1.16. The lowest BCUT2D eigenvalue weighted by Gasteiger charge is -2.08. The van der Waals surface area contributed by atoms with E-state index >= 15 is 0 Å². The van der Waals surface area contributed by atoms with Crippen molar-refractivity contribution in [1.29, 1.82) is 0 Å². The highest BCUT2D eigenvalue weighted by molar-refractivity contribution is 5.82. The van der Waals surface area contributed by atoms with Gasteiger partial charge in [0, 0.05) is 12.5 Å². The summed E-state index contributed by atoms with van der Waals surface area (Å²) in [4.78, 5) is 21.6. The molecule has 0 aliphatic carbocycles. The Labute approximate surface area is 71.9 Å². The highest BCUT2D eigenvalue weighted by Gasteiger charge is 2.06. The van der Waals surface area contributed by atoms with E-state index in [1.54, 1.807) is 20.8 Å². The van der Waals surface area contributed by atoms with Crippen molar-refractivity contribution in [3.8, 4) is 0 Å². The number of hydrazine groups is 1. The molecule has 0 aromatic heterocycles. The second-order valence-electron chi connectivity index (χ2n) is 2.63. The van der Waals surface area contributed by atoms with E-state index in [1.165, 1.54) is 0 Å². The Bertz CT molecular complexity index is 168. The summed E-state index contributed by atoms with van der Waals surface area (Å²) in [6, 6.07) is -0.397. The molecule has 0 unspecified atom stereocenters. The summed E-state index contributed by atoms with van der Waals surface area (Å²) < 4.78 is 0. The van der Waals surface area contributed by atoms with Crippen molar-refractivity contribution < 1.29 is 9.59 Å². The zero-order valence-electron chi connectivity index (χ0n) is 7.60. The molecule has 0 spiro atoms. The van der Waals surface area contributed by atoms with Crippen LogP contribution in [0.4, 0.5) is 4.79 Å². The fraction of sp³-hybridized carbons (Fsp3) is 0.714. The van der Waals surface area contributed by atoms with Crippen LogP contribution in [0.3, 0.4) is 0 Å². The highest BCUT2D eigenvalue weighted by Crippen LogP contribution is 1.87. The number of hydrogen-bond acceptors (Lipinski definition) is 2. The van der Waals surface area contributed by atoms with E-state index < -0.39 is 6.03 Å². The second kappa shape index (κ2) is 5.40. The molecule has 0 atom stereocenters. The topological polar surface area (TPSA) is 70.2 Å². The Kier molecular flexibility index (Phi) is 4.83. The van der Waals surface area contributed by atoms with Crippen molar-refractivity contribution in [2.24, 2.45) is 5.92 Å². The lowest BCUT2D eigenvalue weighted by atomic mass is 10.2. The van der Waals surface area contributed by atoms with Crippen LogP contribution in [-0.4, -0.2) is 18.5 Å². The lowest BCUT2D eigenvalue weighted by Crippen LogP contribution is -2.48. The molecule has 0 rings (SSSR count). The van der Waals surface area contributed by atoms with Crippen LogP contribution < -0.4 is 16.2 Å². The third kappa shape index (κ3) is 4.54. The summed E-state index contributed by atoms with van der Waals surface area (Å²) in [5.74, 6) is -0.340. The van der Waals surface area contributed by atoms with Gasteiger partial charge in [0.25, 0.3) is 0 Å². The molecule has 12 heavy (non-hydrogen) atoms. The van der Waals surface area contributed by atoms with Crippen molar-refractivity contribution in [3.63, 3.8) is 0 Å². The Morgan fingerprint density at radius 1 is 1.25 bits per heavy atom. The molecule has 70 valence electrons. The molecule has 0 saturated heterocycles. The first kappa shape index (κ1) is 10.7. The van der Waals surface area contributed by atoms with Gasteiger partial charge >= 0.3 is 6.03 Å². The van der Waals surface area contributed by atoms with E-state index in [2.05, 4.69) is 16.2 Å². The van der Waals surface area contributed by atoms with Crippen LogP contribution in [0.2, 0.25) is 0 Å². The van der Waals surface area contributed by atoms with Crippen LogP contribution >= 0.6 is 0 Å². The predicted octanol–water partition coefficient (Wildman–Crippen LogP) is -0.00730. The smallest absolute Gasteiger partial charge is 0.333 e. The Hall–Kier alpha value is -1.26. The SMILES string of the molecule is CCNC(=O)NNC(=O)C(C)C. The van der Waals surface area contributed by atoms with Gasteiger partial charge in [-0.05, 0) is 6.92 Å². The van der Waals surface area contributed by atoms with Crippen LogP contribution in [0.1, 0.15) is 20.8 Å². The lowest BCUT2D eigenvalue weighted by molar-refractivity contribution is -0.124. The number of hydrogen-bond donors (Lipinski definition) is 3. The minimum Gasteiger partial charge on any atom is -0.337 e. The molecule has 0 saturated carbocycles. The largest absolute Gasteiger partial charge is 0.337 e. The van der Waals surface area contributed by atoms with Crippen LogP contribution in [0.25, 0.3) is 0 Å². The van der Waals surface area contributed by atoms with Gasteiger partial charge in [0.05, 0.1) is 0 Å². The summed E-state index contributed by atoms with van der Waals surface area (Å²) in [7, 11) is 0. The minimum absolute atomic E-state index is 0.132. The van der Waals surface area contributed by atoms with Gasteiger partial charge in [-0.1, -0.05) is 13.8 Å². The normalized spacial score (nSPS) is 9.33. The van der Waals surface area contributed by atoms with E-state index in [0.29, 0.717) is 6.54 Å². The van der Waals surface area contributed by atoms with E-state index in [9.17, 15) is 9.59 Å². The van der Waals surface area contributed by atoms with Gasteiger partial charge in [-0.25, -0.2) is 10.2 Å². The number of urea groups is 1. The maximum Gasteiger partial charge on any atom is 0.333 e. The molecule has 0 aromatic carbocycles. The van der Waals surface area contributed by atoms with Crippen molar-refractivity contribution in [2.45, 2.75) is 20.8 Å². The summed E-state index contributed by atoms with van der Waals surface area (Å²) in [6.45, 7) is 5.82. The van der Waals surface area contributed by atoms with E-state index in [4.69, 9.17) is 0 Å². The molecule has 0 bridgehead atoms. The number of amides is 3. The molecule has 3 amide bonds. The van der Waals surface area contributed by atoms with E-state index in [0.717, 1.165) is 0 Å². The molecular formula is C7H15N3O2. The van der Waals surface area contributed by atoms with Gasteiger partial charge in [-0.15, -0.1) is 0 Å². The maximum absolute atomic E-state index is 10.9. The molecular weight excluding hydrogens is 158 g/mol. The fourth-order valence-electron chi connectivity index (χ4n) is 0.467. The molecule has 5 heteroatoms. The van der Waals surface area contributed by atoms with Gasteiger partial charge in [-0.2, -0.15) is 0 Å². The Morgan fingerprint density at radius 3 is 2.25 bits per heavy atom. The van der Waals surface area contributed by atoms with Crippen molar-refractivity contribution in [3.05, 3.63) is 0 Å². The Balaban J connectivity index is 3.54. The van der Waals surface area contributed by atoms with Crippen LogP contribution in [0, 0.1) is 5.92 Å². The average molecular weight is 173 g/mol. The molecule has 5 nitrogen and oxygen atoms in total. The van der Waals surface area contributed by atoms with E-state index in [1.807, 2.05) is 0 Å². The van der Waals surface area contributed by atoms with Crippen molar-refractivity contribution in [1.82, 2.24) is 16.2 Å². The number of carbonyl (C=O) groups excluding carboxylic acids is 2. The van der Waals surface area contributed by atoms with Crippen LogP contribution in [0.5, 0.6) is 0 Å². The highest BCUT2D eigenvalue weighted by atomic mass is 16.2. The van der Waals surface area contributed by atoms with Crippen molar-refractivity contribution >= 4 is 11.9 Å². The van der Waals surface area contributed by atoms with Crippen LogP contribution in [0.15, 0.2) is 0 Å². The number of carbonyl (C=O) groups is 2. The van der Waals surface area contributed by atoms with Gasteiger partial charge < -0.3 is 5.32 Å². The van der Waals surface area contributed by atoms with Gasteiger partial charge in [-0.3, -0.25) is 10.2 Å². The van der Waals surface area contributed by atoms with Gasteiger partial charge in [0.1, 0.15) is 0 Å². The minimum atomic E-state index is -0.397. The molecule has 0 aromatic rings. The maximum atomic E-state index is 10.9. The second-order valence-corrected chi connectivity index (χ2v) is 2.63. The first-order chi connectivity index (χ1) is 5.57. The predicted molar refractivity (Wildman–Crippen MR) is 45.2 cm³/mol. The van der Waals surface area contributed by atoms with Crippen LogP contribution in [-0.2, 0) is 4.79 Å². The summed E-state index contributed by atoms with van der Waals surface area (Å²) >= 11 is 0. The first-order valence-electron chi connectivity index (χ1n) is 3.91. The number of nitrogens with one attached hydrogen (secondary N) is 3. The monoisotopic (exact) mass is 173 g/mol. The number of rotatable bonds is 2. The molecule has 3 N–H and O–H groups in total. The van der Waals surface area contributed by atoms with E-state index in [-0.39, 0.29) is 11.8 Å². The molecule has 0 heterocycles. The zero-order chi connectivity index (χ0) is 9.56. The summed E-state index contributed by atoms with van der Waals surface area (Å²) in [6.07, 6.45) is 0. The summed E-state index contributed by atoms with van der Waals surface area (Å²) in [5, 5.41) is 2.48. The fourth-order valence-corrected chi connectivity index (χ4v) is 0.467. The first-order valence-corrected chi connectivity index (χ1v) is 3.91. The molecule has 0 fully saturated rings. The van der Waals surface area contributed by atoms with Crippen molar-refractivity contribution in [2.75, 3.05) is 6.54 Å². The average Bonchev–Trinajstić information content (AvgIpc) is 2.00. The van der Waals surface area contributed by atoms with Gasteiger partial charge in [0.15, 0.2) is 0 Å². The zero-order valence-corrected chi connectivity index (χ0v) is 7.60. The Morgan fingerprint density at radius 2 is 1.83 bits per heavy atom. The standard InChI is InChI=1S/C7H15N3O2/c1-4-8-7(12)10-9-6(11)5(2)3/h5H,4H2,1-3H3,(H,9,11)(H2,8,10,12). The molecule has 0 aliphatic heterocycles. The molecule has 0 aliphatic rings. The van der Waals surface area contributed by atoms with Gasteiger partial charge in [0.2, 0.25) is 5.91 Å². The third-order valence-electron chi connectivity index (χ3n) is 1.16. The summed E-state index contributed by atoms with van der Waals surface area (Å²) in [5.41, 5.74) is 4.48. The molecule has 0 radical (unpaired) electrons. The quantitative estimate of drug-likeness (QED) is 0.514.